The Kier molecular flexibility index (Phi) is 4.11. The SMILES string of the molecule is Cc1ccc2cc(C(=O)NC3CCCC3(C)CO)c(C)nc2c1. The maximum atomic E-state index is 12.7. The van der Waals surface area contributed by atoms with Gasteiger partial charge in [0, 0.05) is 16.8 Å². The van der Waals surface area contributed by atoms with Gasteiger partial charge in [-0.25, -0.2) is 0 Å². The highest BCUT2D eigenvalue weighted by Crippen LogP contribution is 2.37. The summed E-state index contributed by atoms with van der Waals surface area (Å²) in [5.74, 6) is -0.0935. The maximum Gasteiger partial charge on any atom is 0.253 e. The van der Waals surface area contributed by atoms with E-state index < -0.39 is 0 Å². The van der Waals surface area contributed by atoms with E-state index in [9.17, 15) is 9.90 Å². The molecule has 1 aliphatic rings. The lowest BCUT2D eigenvalue weighted by Gasteiger charge is -2.30. The van der Waals surface area contributed by atoms with E-state index in [0.717, 1.165) is 41.4 Å². The van der Waals surface area contributed by atoms with Gasteiger partial charge < -0.3 is 10.4 Å². The monoisotopic (exact) mass is 312 g/mol. The van der Waals surface area contributed by atoms with Crippen molar-refractivity contribution in [3.05, 3.63) is 41.1 Å². The fourth-order valence-electron chi connectivity index (χ4n) is 3.51. The van der Waals surface area contributed by atoms with Crippen LogP contribution in [0.1, 0.15) is 47.8 Å². The molecule has 1 aliphatic carbocycles. The van der Waals surface area contributed by atoms with E-state index in [-0.39, 0.29) is 24.0 Å². The Morgan fingerprint density at radius 2 is 2.17 bits per heavy atom. The second-order valence-corrected chi connectivity index (χ2v) is 7.05. The highest BCUT2D eigenvalue weighted by atomic mass is 16.3. The molecule has 2 unspecified atom stereocenters. The third-order valence-corrected chi connectivity index (χ3v) is 5.16. The van der Waals surface area contributed by atoms with Gasteiger partial charge in [-0.05, 0) is 44.4 Å². The van der Waals surface area contributed by atoms with E-state index in [1.54, 1.807) is 0 Å². The van der Waals surface area contributed by atoms with Gasteiger partial charge in [0.1, 0.15) is 0 Å². The maximum absolute atomic E-state index is 12.7. The van der Waals surface area contributed by atoms with E-state index in [0.29, 0.717) is 5.56 Å². The molecule has 0 bridgehead atoms. The molecule has 0 aliphatic heterocycles. The number of aliphatic hydroxyl groups is 1. The molecule has 1 heterocycles. The molecule has 4 heteroatoms. The smallest absolute Gasteiger partial charge is 0.253 e. The molecule has 2 N–H and O–H groups in total. The number of fused-ring (bicyclic) bond motifs is 1. The summed E-state index contributed by atoms with van der Waals surface area (Å²) < 4.78 is 0. The van der Waals surface area contributed by atoms with Gasteiger partial charge in [-0.15, -0.1) is 0 Å². The third kappa shape index (κ3) is 2.95. The van der Waals surface area contributed by atoms with Crippen LogP contribution in [0, 0.1) is 19.3 Å². The Morgan fingerprint density at radius 1 is 1.39 bits per heavy atom. The lowest BCUT2D eigenvalue weighted by Crippen LogP contribution is -2.45. The van der Waals surface area contributed by atoms with Gasteiger partial charge in [-0.1, -0.05) is 25.5 Å². The van der Waals surface area contributed by atoms with E-state index in [1.165, 1.54) is 0 Å². The molecule has 0 radical (unpaired) electrons. The van der Waals surface area contributed by atoms with Crippen molar-refractivity contribution in [2.24, 2.45) is 5.41 Å². The van der Waals surface area contributed by atoms with Crippen molar-refractivity contribution in [3.8, 4) is 0 Å². The summed E-state index contributed by atoms with van der Waals surface area (Å²) in [6, 6.07) is 8.00. The number of aliphatic hydroxyl groups excluding tert-OH is 1. The van der Waals surface area contributed by atoms with Crippen LogP contribution in [-0.2, 0) is 0 Å². The summed E-state index contributed by atoms with van der Waals surface area (Å²) in [4.78, 5) is 17.3. The minimum atomic E-state index is -0.217. The summed E-state index contributed by atoms with van der Waals surface area (Å²) in [6.45, 7) is 6.05. The fourth-order valence-corrected chi connectivity index (χ4v) is 3.51. The standard InChI is InChI=1S/C19H24N2O2/c1-12-6-7-14-10-15(13(2)20-16(14)9-12)18(23)21-17-5-4-8-19(17,3)11-22/h6-7,9-10,17,22H,4-5,8,11H2,1-3H3,(H,21,23). The minimum absolute atomic E-state index is 0.0214. The number of nitrogens with zero attached hydrogens (tertiary/aromatic N) is 1. The average Bonchev–Trinajstić information content (AvgIpc) is 2.88. The van der Waals surface area contributed by atoms with Crippen LogP contribution in [0.3, 0.4) is 0 Å². The second kappa shape index (κ2) is 5.93. The highest BCUT2D eigenvalue weighted by molar-refractivity contribution is 5.98. The van der Waals surface area contributed by atoms with E-state index in [2.05, 4.69) is 10.3 Å². The Hall–Kier alpha value is -1.94. The lowest BCUT2D eigenvalue weighted by molar-refractivity contribution is 0.0830. The number of benzene rings is 1. The van der Waals surface area contributed by atoms with Crippen molar-refractivity contribution >= 4 is 16.8 Å². The van der Waals surface area contributed by atoms with Crippen LogP contribution in [0.5, 0.6) is 0 Å². The first-order valence-corrected chi connectivity index (χ1v) is 8.23. The van der Waals surface area contributed by atoms with Gasteiger partial charge in [-0.2, -0.15) is 0 Å². The molecule has 3 rings (SSSR count). The minimum Gasteiger partial charge on any atom is -0.396 e. The van der Waals surface area contributed by atoms with Crippen molar-refractivity contribution in [3.63, 3.8) is 0 Å². The number of carbonyl (C=O) groups excluding carboxylic acids is 1. The van der Waals surface area contributed by atoms with E-state index >= 15 is 0 Å². The zero-order chi connectivity index (χ0) is 16.6. The number of pyridine rings is 1. The Labute approximate surface area is 136 Å². The van der Waals surface area contributed by atoms with Crippen molar-refractivity contribution in [2.45, 2.75) is 46.1 Å². The number of hydrogen-bond donors (Lipinski definition) is 2. The quantitative estimate of drug-likeness (QED) is 0.915. The third-order valence-electron chi connectivity index (χ3n) is 5.16. The molecule has 1 aromatic carbocycles. The van der Waals surface area contributed by atoms with E-state index in [1.807, 2.05) is 45.0 Å². The summed E-state index contributed by atoms with van der Waals surface area (Å²) >= 11 is 0. The van der Waals surface area contributed by atoms with Crippen molar-refractivity contribution < 1.29 is 9.90 Å². The van der Waals surface area contributed by atoms with Crippen LogP contribution >= 0.6 is 0 Å². The molecule has 1 fully saturated rings. The molecule has 1 saturated carbocycles. The molecule has 1 amide bonds. The first-order valence-electron chi connectivity index (χ1n) is 8.23. The van der Waals surface area contributed by atoms with Crippen LogP contribution in [0.25, 0.3) is 10.9 Å². The Bertz CT molecular complexity index is 756. The van der Waals surface area contributed by atoms with Crippen molar-refractivity contribution in [2.75, 3.05) is 6.61 Å². The number of hydrogen-bond acceptors (Lipinski definition) is 3. The van der Waals surface area contributed by atoms with Crippen molar-refractivity contribution in [1.29, 1.82) is 0 Å². The zero-order valence-electron chi connectivity index (χ0n) is 14.0. The number of nitrogens with one attached hydrogen (secondary N) is 1. The van der Waals surface area contributed by atoms with Crippen LogP contribution < -0.4 is 5.32 Å². The number of rotatable bonds is 3. The molecule has 0 saturated heterocycles. The van der Waals surface area contributed by atoms with Crippen molar-refractivity contribution in [1.82, 2.24) is 10.3 Å². The summed E-state index contributed by atoms with van der Waals surface area (Å²) in [7, 11) is 0. The zero-order valence-corrected chi connectivity index (χ0v) is 14.0. The molecular weight excluding hydrogens is 288 g/mol. The normalized spacial score (nSPS) is 24.1. The first kappa shape index (κ1) is 15.9. The molecule has 1 aromatic heterocycles. The largest absolute Gasteiger partial charge is 0.396 e. The Morgan fingerprint density at radius 3 is 2.91 bits per heavy atom. The predicted molar refractivity (Wildman–Crippen MR) is 91.5 cm³/mol. The lowest BCUT2D eigenvalue weighted by atomic mass is 9.85. The van der Waals surface area contributed by atoms with Crippen LogP contribution in [0.4, 0.5) is 0 Å². The average molecular weight is 312 g/mol. The Balaban J connectivity index is 1.89. The second-order valence-electron chi connectivity index (χ2n) is 7.05. The first-order chi connectivity index (χ1) is 10.9. The number of carbonyl (C=O) groups is 1. The van der Waals surface area contributed by atoms with Gasteiger partial charge in [0.15, 0.2) is 0 Å². The van der Waals surface area contributed by atoms with Gasteiger partial charge in [0.25, 0.3) is 5.91 Å². The van der Waals surface area contributed by atoms with Gasteiger partial charge >= 0.3 is 0 Å². The number of amides is 1. The molecule has 0 spiro atoms. The molecule has 4 nitrogen and oxygen atoms in total. The van der Waals surface area contributed by atoms with E-state index in [4.69, 9.17) is 0 Å². The molecular formula is C19H24N2O2. The molecule has 23 heavy (non-hydrogen) atoms. The number of aryl methyl sites for hydroxylation is 2. The van der Waals surface area contributed by atoms with Crippen LogP contribution in [0.15, 0.2) is 24.3 Å². The van der Waals surface area contributed by atoms with Gasteiger partial charge in [0.2, 0.25) is 0 Å². The number of aromatic nitrogens is 1. The highest BCUT2D eigenvalue weighted by Gasteiger charge is 2.39. The van der Waals surface area contributed by atoms with Gasteiger partial charge in [0.05, 0.1) is 23.4 Å². The molecule has 122 valence electrons. The summed E-state index contributed by atoms with van der Waals surface area (Å²) in [5.41, 5.74) is 3.22. The van der Waals surface area contributed by atoms with Crippen LogP contribution in [-0.4, -0.2) is 28.6 Å². The topological polar surface area (TPSA) is 62.2 Å². The summed E-state index contributed by atoms with van der Waals surface area (Å²) in [5, 5.41) is 13.7. The fraction of sp³-hybridized carbons (Fsp3) is 0.474. The van der Waals surface area contributed by atoms with Gasteiger partial charge in [-0.3, -0.25) is 9.78 Å². The predicted octanol–water partition coefficient (Wildman–Crippen LogP) is 3.13. The summed E-state index contributed by atoms with van der Waals surface area (Å²) in [6.07, 6.45) is 2.90. The molecule has 2 aromatic rings. The molecule has 2 atom stereocenters. The van der Waals surface area contributed by atoms with Crippen LogP contribution in [0.2, 0.25) is 0 Å².